The van der Waals surface area contributed by atoms with Crippen molar-refractivity contribution in [2.45, 2.75) is 19.8 Å². The van der Waals surface area contributed by atoms with Crippen molar-refractivity contribution < 1.29 is 4.39 Å². The zero-order valence-corrected chi connectivity index (χ0v) is 9.64. The number of rotatable bonds is 2. The number of hydrogen-bond donors (Lipinski definition) is 0. The highest BCUT2D eigenvalue weighted by atomic mass is 32.1. The quantitative estimate of drug-likeness (QED) is 0.689. The van der Waals surface area contributed by atoms with Crippen molar-refractivity contribution in [3.05, 3.63) is 47.1 Å². The Morgan fingerprint density at radius 1 is 1.13 bits per heavy atom. The highest BCUT2D eigenvalue weighted by Crippen LogP contribution is 2.32. The molecule has 2 heteroatoms. The summed E-state index contributed by atoms with van der Waals surface area (Å²) in [6.45, 7) is 4.34. The molecule has 1 aromatic carbocycles. The molecule has 0 aliphatic rings. The van der Waals surface area contributed by atoms with Crippen LogP contribution >= 0.6 is 11.3 Å². The van der Waals surface area contributed by atoms with Gasteiger partial charge in [-0.3, -0.25) is 0 Å². The lowest BCUT2D eigenvalue weighted by molar-refractivity contribution is 0.628. The van der Waals surface area contributed by atoms with Crippen LogP contribution in [0.5, 0.6) is 0 Å². The maximum atomic E-state index is 13.0. The Bertz CT molecular complexity index is 457. The average molecular weight is 220 g/mol. The summed E-state index contributed by atoms with van der Waals surface area (Å²) in [6, 6.07) is 10.9. The van der Waals surface area contributed by atoms with E-state index in [1.54, 1.807) is 23.5 Å². The van der Waals surface area contributed by atoms with E-state index in [2.05, 4.69) is 26.0 Å². The zero-order chi connectivity index (χ0) is 10.8. The fourth-order valence-corrected chi connectivity index (χ4v) is 2.47. The van der Waals surface area contributed by atoms with E-state index in [0.717, 1.165) is 10.4 Å². The SMILES string of the molecule is CC(C)c1ccc(-c2cccc(F)c2)s1. The van der Waals surface area contributed by atoms with E-state index in [9.17, 15) is 4.39 Å². The van der Waals surface area contributed by atoms with E-state index in [0.29, 0.717) is 5.92 Å². The fraction of sp³-hybridized carbons (Fsp3) is 0.231. The summed E-state index contributed by atoms with van der Waals surface area (Å²) in [5.74, 6) is 0.365. The topological polar surface area (TPSA) is 0 Å². The van der Waals surface area contributed by atoms with Crippen LogP contribution in [0, 0.1) is 5.82 Å². The van der Waals surface area contributed by atoms with Crippen molar-refractivity contribution in [3.63, 3.8) is 0 Å². The molecule has 0 aliphatic carbocycles. The summed E-state index contributed by atoms with van der Waals surface area (Å²) < 4.78 is 13.0. The van der Waals surface area contributed by atoms with Crippen LogP contribution in [-0.2, 0) is 0 Å². The van der Waals surface area contributed by atoms with Gasteiger partial charge in [0.15, 0.2) is 0 Å². The molecule has 0 amide bonds. The van der Waals surface area contributed by atoms with Crippen molar-refractivity contribution in [1.82, 2.24) is 0 Å². The number of halogens is 1. The average Bonchev–Trinajstić information content (AvgIpc) is 2.66. The highest BCUT2D eigenvalue weighted by molar-refractivity contribution is 7.15. The molecule has 0 atom stereocenters. The van der Waals surface area contributed by atoms with Gasteiger partial charge in [-0.15, -0.1) is 11.3 Å². The van der Waals surface area contributed by atoms with E-state index in [1.165, 1.54) is 10.9 Å². The Kier molecular flexibility index (Phi) is 2.87. The largest absolute Gasteiger partial charge is 0.207 e. The minimum atomic E-state index is -0.174. The Hall–Kier alpha value is -1.15. The second-order valence-electron chi connectivity index (χ2n) is 3.87. The third kappa shape index (κ3) is 2.26. The fourth-order valence-electron chi connectivity index (χ4n) is 1.46. The van der Waals surface area contributed by atoms with Crippen molar-refractivity contribution in [3.8, 4) is 10.4 Å². The minimum Gasteiger partial charge on any atom is -0.207 e. The number of hydrogen-bond acceptors (Lipinski definition) is 1. The molecule has 15 heavy (non-hydrogen) atoms. The Labute approximate surface area is 93.4 Å². The lowest BCUT2D eigenvalue weighted by atomic mass is 10.1. The maximum Gasteiger partial charge on any atom is 0.123 e. The molecule has 1 heterocycles. The molecule has 0 N–H and O–H groups in total. The van der Waals surface area contributed by atoms with Crippen LogP contribution in [0.15, 0.2) is 36.4 Å². The standard InChI is InChI=1S/C13H13FS/c1-9(2)12-6-7-13(15-12)10-4-3-5-11(14)8-10/h3-9H,1-2H3. The van der Waals surface area contributed by atoms with Gasteiger partial charge in [0, 0.05) is 9.75 Å². The summed E-state index contributed by atoms with van der Waals surface area (Å²) in [5, 5.41) is 0. The van der Waals surface area contributed by atoms with Gasteiger partial charge in [-0.1, -0.05) is 26.0 Å². The van der Waals surface area contributed by atoms with Crippen LogP contribution in [0.3, 0.4) is 0 Å². The molecule has 0 saturated carbocycles. The monoisotopic (exact) mass is 220 g/mol. The Morgan fingerprint density at radius 3 is 2.53 bits per heavy atom. The third-order valence-electron chi connectivity index (χ3n) is 2.30. The van der Waals surface area contributed by atoms with Crippen LogP contribution in [0.1, 0.15) is 24.6 Å². The van der Waals surface area contributed by atoms with Gasteiger partial charge in [0.25, 0.3) is 0 Å². The summed E-state index contributed by atoms with van der Waals surface area (Å²) in [6.07, 6.45) is 0. The molecule has 0 spiro atoms. The van der Waals surface area contributed by atoms with E-state index >= 15 is 0 Å². The highest BCUT2D eigenvalue weighted by Gasteiger charge is 2.05. The molecule has 0 saturated heterocycles. The van der Waals surface area contributed by atoms with Gasteiger partial charge in [-0.05, 0) is 35.7 Å². The molecule has 0 nitrogen and oxygen atoms in total. The lowest BCUT2D eigenvalue weighted by Gasteiger charge is -1.99. The van der Waals surface area contributed by atoms with Crippen LogP contribution < -0.4 is 0 Å². The van der Waals surface area contributed by atoms with Crippen molar-refractivity contribution in [2.24, 2.45) is 0 Å². The van der Waals surface area contributed by atoms with Crippen molar-refractivity contribution >= 4 is 11.3 Å². The van der Waals surface area contributed by atoms with Gasteiger partial charge in [0.1, 0.15) is 5.82 Å². The van der Waals surface area contributed by atoms with Gasteiger partial charge in [-0.2, -0.15) is 0 Å². The predicted octanol–water partition coefficient (Wildman–Crippen LogP) is 4.68. The van der Waals surface area contributed by atoms with Gasteiger partial charge in [0.2, 0.25) is 0 Å². The molecule has 0 unspecified atom stereocenters. The third-order valence-corrected chi connectivity index (χ3v) is 3.74. The maximum absolute atomic E-state index is 13.0. The first-order valence-corrected chi connectivity index (χ1v) is 5.84. The van der Waals surface area contributed by atoms with E-state index < -0.39 is 0 Å². The van der Waals surface area contributed by atoms with Crippen LogP contribution in [0.2, 0.25) is 0 Å². The zero-order valence-electron chi connectivity index (χ0n) is 8.83. The molecule has 0 aliphatic heterocycles. The first kappa shape index (κ1) is 10.4. The van der Waals surface area contributed by atoms with Crippen LogP contribution in [-0.4, -0.2) is 0 Å². The molecule has 0 fully saturated rings. The van der Waals surface area contributed by atoms with Gasteiger partial charge >= 0.3 is 0 Å². The summed E-state index contributed by atoms with van der Waals surface area (Å²) >= 11 is 1.74. The van der Waals surface area contributed by atoms with Gasteiger partial charge in [0.05, 0.1) is 0 Å². The molecule has 0 radical (unpaired) electrons. The van der Waals surface area contributed by atoms with E-state index in [4.69, 9.17) is 0 Å². The molecular formula is C13H13FS. The second kappa shape index (κ2) is 4.15. The van der Waals surface area contributed by atoms with Crippen LogP contribution in [0.4, 0.5) is 4.39 Å². The Morgan fingerprint density at radius 2 is 1.93 bits per heavy atom. The Balaban J connectivity index is 2.37. The summed E-state index contributed by atoms with van der Waals surface area (Å²) in [5.41, 5.74) is 0.965. The molecule has 1 aromatic heterocycles. The van der Waals surface area contributed by atoms with Gasteiger partial charge < -0.3 is 0 Å². The van der Waals surface area contributed by atoms with E-state index in [1.807, 2.05) is 6.07 Å². The van der Waals surface area contributed by atoms with E-state index in [-0.39, 0.29) is 5.82 Å². The molecule has 2 aromatic rings. The molecule has 78 valence electrons. The lowest BCUT2D eigenvalue weighted by Crippen LogP contribution is -1.77. The number of benzene rings is 1. The van der Waals surface area contributed by atoms with Crippen LogP contribution in [0.25, 0.3) is 10.4 Å². The minimum absolute atomic E-state index is 0.174. The smallest absolute Gasteiger partial charge is 0.123 e. The molecular weight excluding hydrogens is 207 g/mol. The summed E-state index contributed by atoms with van der Waals surface area (Å²) in [4.78, 5) is 2.48. The molecule has 0 bridgehead atoms. The first-order valence-electron chi connectivity index (χ1n) is 5.02. The second-order valence-corrected chi connectivity index (χ2v) is 4.98. The van der Waals surface area contributed by atoms with Crippen molar-refractivity contribution in [2.75, 3.05) is 0 Å². The van der Waals surface area contributed by atoms with Crippen molar-refractivity contribution in [1.29, 1.82) is 0 Å². The molecule has 2 rings (SSSR count). The predicted molar refractivity (Wildman–Crippen MR) is 63.8 cm³/mol. The normalized spacial score (nSPS) is 10.9. The summed E-state index contributed by atoms with van der Waals surface area (Å²) in [7, 11) is 0. The number of thiophene rings is 1. The van der Waals surface area contributed by atoms with Gasteiger partial charge in [-0.25, -0.2) is 4.39 Å². The first-order chi connectivity index (χ1) is 7.16.